The Balaban J connectivity index is 2.91. The van der Waals surface area contributed by atoms with E-state index in [9.17, 15) is 4.79 Å². The summed E-state index contributed by atoms with van der Waals surface area (Å²) in [6, 6.07) is 10.4. The molecule has 0 aliphatic heterocycles. The van der Waals surface area contributed by atoms with Gasteiger partial charge in [-0.2, -0.15) is 0 Å². The number of rotatable bonds is 8. The molecule has 0 N–H and O–H groups in total. The second-order valence-corrected chi connectivity index (χ2v) is 14.7. The molecule has 0 aliphatic carbocycles. The van der Waals surface area contributed by atoms with Gasteiger partial charge in [-0.1, -0.05) is 74.4 Å². The highest BCUT2D eigenvalue weighted by molar-refractivity contribution is 9.09. The summed E-state index contributed by atoms with van der Waals surface area (Å²) in [4.78, 5) is 14.4. The summed E-state index contributed by atoms with van der Waals surface area (Å²) in [6.07, 6.45) is 3.23. The molecular weight excluding hydrogens is 372 g/mol. The summed E-state index contributed by atoms with van der Waals surface area (Å²) in [5.74, 6) is 0. The van der Waals surface area contributed by atoms with Crippen LogP contribution in [0.3, 0.4) is 0 Å². The van der Waals surface area contributed by atoms with Crippen molar-refractivity contribution < 1.29 is 4.79 Å². The zero-order valence-electron chi connectivity index (χ0n) is 14.5. The minimum absolute atomic E-state index is 0.0994. The molecule has 1 aromatic rings. The van der Waals surface area contributed by atoms with Gasteiger partial charge in [0, 0.05) is 10.2 Å². The lowest BCUT2D eigenvalue weighted by atomic mass is 10.2. The van der Waals surface area contributed by atoms with E-state index in [0.717, 1.165) is 24.6 Å². The van der Waals surface area contributed by atoms with Crippen LogP contribution in [0.15, 0.2) is 35.2 Å². The molecule has 0 aliphatic rings. The van der Waals surface area contributed by atoms with E-state index in [-0.39, 0.29) is 10.3 Å². The molecule has 0 radical (unpaired) electrons. The van der Waals surface area contributed by atoms with Crippen LogP contribution in [0.2, 0.25) is 18.1 Å². The maximum absolute atomic E-state index is 13.2. The van der Waals surface area contributed by atoms with Crippen LogP contribution in [0, 0.1) is 0 Å². The third-order valence-electron chi connectivity index (χ3n) is 4.65. The largest absolute Gasteiger partial charge is 0.304 e. The van der Waals surface area contributed by atoms with Crippen molar-refractivity contribution in [1.29, 1.82) is 0 Å². The van der Waals surface area contributed by atoms with Gasteiger partial charge in [-0.25, -0.2) is 0 Å². The number of thioether (sulfide) groups is 1. The van der Waals surface area contributed by atoms with Gasteiger partial charge in [0.05, 0.1) is 5.25 Å². The van der Waals surface area contributed by atoms with Gasteiger partial charge < -0.3 is 4.79 Å². The molecular formula is C18H29BrOSSi. The van der Waals surface area contributed by atoms with Crippen molar-refractivity contribution in [2.75, 3.05) is 5.33 Å². The van der Waals surface area contributed by atoms with Gasteiger partial charge in [0.2, 0.25) is 0 Å². The van der Waals surface area contributed by atoms with E-state index in [4.69, 9.17) is 0 Å². The summed E-state index contributed by atoms with van der Waals surface area (Å²) in [5, 5.41) is 1.74. The number of hydrogen-bond donors (Lipinski definition) is 0. The molecule has 0 aromatic heterocycles. The highest BCUT2D eigenvalue weighted by Crippen LogP contribution is 2.40. The van der Waals surface area contributed by atoms with Crippen molar-refractivity contribution in [2.24, 2.45) is 0 Å². The fourth-order valence-corrected chi connectivity index (χ4v) is 6.28. The van der Waals surface area contributed by atoms with Gasteiger partial charge >= 0.3 is 0 Å². The monoisotopic (exact) mass is 400 g/mol. The molecule has 0 bridgehead atoms. The highest BCUT2D eigenvalue weighted by Gasteiger charge is 2.44. The number of alkyl halides is 1. The number of unbranched alkanes of at least 4 members (excludes halogenated alkanes) is 1. The average molecular weight is 401 g/mol. The predicted molar refractivity (Wildman–Crippen MR) is 106 cm³/mol. The molecule has 1 nitrogen and oxygen atoms in total. The first kappa shape index (κ1) is 20.0. The molecule has 0 saturated carbocycles. The molecule has 1 unspecified atom stereocenters. The van der Waals surface area contributed by atoms with E-state index in [1.165, 1.54) is 4.90 Å². The first-order valence-corrected chi connectivity index (χ1v) is 13.0. The molecule has 4 heteroatoms. The summed E-state index contributed by atoms with van der Waals surface area (Å²) in [7, 11) is -1.96. The highest BCUT2D eigenvalue weighted by atomic mass is 79.9. The minimum atomic E-state index is -1.96. The fraction of sp³-hybridized carbons (Fsp3) is 0.611. The van der Waals surface area contributed by atoms with Gasteiger partial charge in [0.25, 0.3) is 0 Å². The SMILES string of the molecule is CC(C)(C)[Si](C)(C)C(=O)C(CCCCBr)Sc1ccccc1. The van der Waals surface area contributed by atoms with E-state index in [2.05, 4.69) is 74.1 Å². The van der Waals surface area contributed by atoms with Crippen molar-refractivity contribution in [3.63, 3.8) is 0 Å². The van der Waals surface area contributed by atoms with Gasteiger partial charge in [-0.05, 0) is 30.0 Å². The van der Waals surface area contributed by atoms with Gasteiger partial charge in [0.1, 0.15) is 13.5 Å². The van der Waals surface area contributed by atoms with E-state index >= 15 is 0 Å². The van der Waals surface area contributed by atoms with Crippen LogP contribution in [0.5, 0.6) is 0 Å². The Morgan fingerprint density at radius 1 is 1.18 bits per heavy atom. The van der Waals surface area contributed by atoms with Crippen LogP contribution in [0.4, 0.5) is 0 Å². The Labute approximate surface area is 149 Å². The third kappa shape index (κ3) is 5.54. The smallest absolute Gasteiger partial charge is 0.133 e. The number of benzene rings is 1. The standard InChI is InChI=1S/C18H29BrOSSi/c1-18(2,3)22(4,5)17(20)16(13-9-10-14-19)21-15-11-7-6-8-12-15/h6-8,11-12,16H,9-10,13-14H2,1-5H3. The lowest BCUT2D eigenvalue weighted by molar-refractivity contribution is -0.112. The maximum Gasteiger partial charge on any atom is 0.133 e. The van der Waals surface area contributed by atoms with Crippen LogP contribution in [0.25, 0.3) is 0 Å². The van der Waals surface area contributed by atoms with E-state index in [0.29, 0.717) is 5.41 Å². The molecule has 1 rings (SSSR count). The van der Waals surface area contributed by atoms with Crippen LogP contribution < -0.4 is 0 Å². The minimum Gasteiger partial charge on any atom is -0.304 e. The van der Waals surface area contributed by atoms with Crippen LogP contribution >= 0.6 is 27.7 Å². The summed E-state index contributed by atoms with van der Waals surface area (Å²) < 4.78 is 0. The Morgan fingerprint density at radius 2 is 1.77 bits per heavy atom. The van der Waals surface area contributed by atoms with Crippen LogP contribution in [-0.2, 0) is 4.79 Å². The molecule has 0 saturated heterocycles. The van der Waals surface area contributed by atoms with Crippen molar-refractivity contribution >= 4 is 41.2 Å². The number of hydrogen-bond acceptors (Lipinski definition) is 2. The molecule has 1 atom stereocenters. The van der Waals surface area contributed by atoms with Gasteiger partial charge in [0.15, 0.2) is 0 Å². The van der Waals surface area contributed by atoms with Crippen molar-refractivity contribution in [3.05, 3.63) is 30.3 Å². The maximum atomic E-state index is 13.2. The topological polar surface area (TPSA) is 17.1 Å². The summed E-state index contributed by atoms with van der Waals surface area (Å²) in [6.45, 7) is 11.1. The van der Waals surface area contributed by atoms with E-state index in [1.807, 2.05) is 6.07 Å². The number of halogens is 1. The molecule has 0 heterocycles. The second-order valence-electron chi connectivity index (χ2n) is 7.34. The summed E-state index contributed by atoms with van der Waals surface area (Å²) >= 11 is 5.25. The summed E-state index contributed by atoms with van der Waals surface area (Å²) in [5.41, 5.74) is 0. The first-order valence-electron chi connectivity index (χ1n) is 8.02. The Hall–Kier alpha value is -0.0631. The van der Waals surface area contributed by atoms with Crippen molar-refractivity contribution in [2.45, 2.75) is 68.3 Å². The van der Waals surface area contributed by atoms with E-state index in [1.54, 1.807) is 11.8 Å². The fourth-order valence-electron chi connectivity index (χ4n) is 2.10. The zero-order valence-corrected chi connectivity index (χ0v) is 17.9. The zero-order chi connectivity index (χ0) is 16.8. The Kier molecular flexibility index (Phi) is 7.90. The lowest BCUT2D eigenvalue weighted by Crippen LogP contribution is -2.50. The molecule has 0 fully saturated rings. The van der Waals surface area contributed by atoms with Crippen LogP contribution in [-0.4, -0.2) is 24.1 Å². The van der Waals surface area contributed by atoms with Crippen molar-refractivity contribution in [3.8, 4) is 0 Å². The molecule has 22 heavy (non-hydrogen) atoms. The van der Waals surface area contributed by atoms with Gasteiger partial charge in [-0.3, -0.25) is 0 Å². The molecule has 1 aromatic carbocycles. The lowest BCUT2D eigenvalue weighted by Gasteiger charge is -2.37. The Morgan fingerprint density at radius 3 is 2.27 bits per heavy atom. The third-order valence-corrected chi connectivity index (χ3v) is 12.0. The van der Waals surface area contributed by atoms with E-state index < -0.39 is 8.07 Å². The molecule has 0 amide bonds. The van der Waals surface area contributed by atoms with Crippen molar-refractivity contribution in [1.82, 2.24) is 0 Å². The number of carbonyl (C=O) groups is 1. The molecule has 0 spiro atoms. The van der Waals surface area contributed by atoms with Gasteiger partial charge in [-0.15, -0.1) is 11.8 Å². The quantitative estimate of drug-likeness (QED) is 0.219. The average Bonchev–Trinajstić information content (AvgIpc) is 2.45. The number of carbonyl (C=O) groups excluding carboxylic acids is 1. The first-order chi connectivity index (χ1) is 10.2. The normalized spacial score (nSPS) is 13.9. The second kappa shape index (κ2) is 8.70. The predicted octanol–water partition coefficient (Wildman–Crippen LogP) is 6.33. The van der Waals surface area contributed by atoms with Crippen LogP contribution in [0.1, 0.15) is 40.0 Å². The molecule has 124 valence electrons. The Bertz CT molecular complexity index is 468.